The number of carbonyl (C=O) groups excluding carboxylic acids is 1. The number of methoxy groups -OCH3 is 1. The molecule has 2 aromatic heterocycles. The predicted molar refractivity (Wildman–Crippen MR) is 76.4 cm³/mol. The van der Waals surface area contributed by atoms with Crippen molar-refractivity contribution < 1.29 is 17.9 Å². The molecule has 0 aliphatic carbocycles. The first-order chi connectivity index (χ1) is 9.46. The van der Waals surface area contributed by atoms with Crippen molar-refractivity contribution in [1.82, 2.24) is 9.29 Å². The van der Waals surface area contributed by atoms with Gasteiger partial charge in [-0.1, -0.05) is 0 Å². The van der Waals surface area contributed by atoms with Crippen LogP contribution in [-0.4, -0.2) is 37.8 Å². The van der Waals surface area contributed by atoms with Crippen molar-refractivity contribution in [3.05, 3.63) is 33.6 Å². The van der Waals surface area contributed by atoms with Gasteiger partial charge in [0.1, 0.15) is 0 Å². The van der Waals surface area contributed by atoms with E-state index in [-0.39, 0.29) is 16.4 Å². The van der Waals surface area contributed by atoms with E-state index in [0.717, 1.165) is 16.9 Å². The number of ether oxygens (including phenoxy) is 1. The van der Waals surface area contributed by atoms with Gasteiger partial charge in [0.25, 0.3) is 10.0 Å². The maximum absolute atomic E-state index is 12.5. The average molecular weight is 332 g/mol. The Hall–Kier alpha value is -1.29. The molecule has 0 saturated heterocycles. The van der Waals surface area contributed by atoms with E-state index < -0.39 is 16.0 Å². The number of thiophene rings is 1. The molecule has 20 heavy (non-hydrogen) atoms. The fraction of sp³-hybridized carbons (Fsp3) is 0.273. The molecule has 0 radical (unpaired) electrons. The molecule has 0 N–H and O–H groups in total. The average Bonchev–Trinajstić information content (AvgIpc) is 3.08. The zero-order valence-corrected chi connectivity index (χ0v) is 13.2. The van der Waals surface area contributed by atoms with E-state index in [0.29, 0.717) is 0 Å². The normalized spacial score (nSPS) is 11.8. The van der Waals surface area contributed by atoms with Crippen LogP contribution in [0.1, 0.15) is 16.1 Å². The van der Waals surface area contributed by atoms with Gasteiger partial charge in [0, 0.05) is 13.6 Å². The Kier molecular flexibility index (Phi) is 4.53. The Morgan fingerprint density at radius 1 is 1.50 bits per heavy atom. The Morgan fingerprint density at radius 2 is 2.25 bits per heavy atom. The zero-order chi connectivity index (χ0) is 14.8. The second-order valence-electron chi connectivity index (χ2n) is 3.87. The highest BCUT2D eigenvalue weighted by Gasteiger charge is 2.30. The molecule has 0 bridgehead atoms. The minimum atomic E-state index is -3.76. The molecule has 0 unspecified atom stereocenters. The molecule has 0 amide bonds. The van der Waals surface area contributed by atoms with Gasteiger partial charge in [-0.05, 0) is 22.4 Å². The summed E-state index contributed by atoms with van der Waals surface area (Å²) in [6.07, 6.45) is 0. The number of esters is 1. The lowest BCUT2D eigenvalue weighted by atomic mass is 10.3. The van der Waals surface area contributed by atoms with Crippen LogP contribution in [0.4, 0.5) is 0 Å². The molecule has 0 aromatic carbocycles. The maximum Gasteiger partial charge on any atom is 0.358 e. The van der Waals surface area contributed by atoms with Crippen molar-refractivity contribution in [3.63, 3.8) is 0 Å². The second-order valence-corrected chi connectivity index (χ2v) is 7.75. The number of hydrogen-bond donors (Lipinski definition) is 0. The number of rotatable bonds is 5. The van der Waals surface area contributed by atoms with E-state index in [1.54, 1.807) is 0 Å². The van der Waals surface area contributed by atoms with E-state index in [4.69, 9.17) is 0 Å². The Bertz CT molecular complexity index is 691. The van der Waals surface area contributed by atoms with Gasteiger partial charge in [-0.2, -0.15) is 15.6 Å². The number of nitrogens with zero attached hydrogens (tertiary/aromatic N) is 2. The second kappa shape index (κ2) is 6.00. The molecule has 2 heterocycles. The summed E-state index contributed by atoms with van der Waals surface area (Å²) in [6, 6.07) is 1.85. The fourth-order valence-corrected chi connectivity index (χ4v) is 4.66. The van der Waals surface area contributed by atoms with Crippen molar-refractivity contribution in [2.24, 2.45) is 0 Å². The summed E-state index contributed by atoms with van der Waals surface area (Å²) in [4.78, 5) is 15.3. The summed E-state index contributed by atoms with van der Waals surface area (Å²) in [5, 5.41) is 3.75. The maximum atomic E-state index is 12.5. The third-order valence-electron chi connectivity index (χ3n) is 2.54. The summed E-state index contributed by atoms with van der Waals surface area (Å²) in [6.45, 7) is 0.240. The van der Waals surface area contributed by atoms with Crippen LogP contribution in [0.2, 0.25) is 0 Å². The van der Waals surface area contributed by atoms with Gasteiger partial charge in [0.15, 0.2) is 9.90 Å². The van der Waals surface area contributed by atoms with Crippen LogP contribution in [-0.2, 0) is 21.3 Å². The van der Waals surface area contributed by atoms with E-state index >= 15 is 0 Å². The van der Waals surface area contributed by atoms with Gasteiger partial charge in [-0.25, -0.2) is 18.2 Å². The molecule has 0 atom stereocenters. The SMILES string of the molecule is COC(=O)c1ncsc1S(=O)(=O)N(C)Cc1ccsc1. The fourth-order valence-electron chi connectivity index (χ4n) is 1.52. The summed E-state index contributed by atoms with van der Waals surface area (Å²) in [5.41, 5.74) is 2.04. The topological polar surface area (TPSA) is 76.6 Å². The Morgan fingerprint density at radius 3 is 2.85 bits per heavy atom. The van der Waals surface area contributed by atoms with Crippen molar-refractivity contribution in [3.8, 4) is 0 Å². The number of thiazole rings is 1. The van der Waals surface area contributed by atoms with Gasteiger partial charge in [-0.3, -0.25) is 0 Å². The van der Waals surface area contributed by atoms with E-state index in [1.807, 2.05) is 16.8 Å². The molecule has 0 aliphatic rings. The van der Waals surface area contributed by atoms with Crippen LogP contribution in [0.5, 0.6) is 0 Å². The van der Waals surface area contributed by atoms with Gasteiger partial charge in [-0.15, -0.1) is 11.3 Å². The first-order valence-electron chi connectivity index (χ1n) is 5.46. The van der Waals surface area contributed by atoms with Crippen LogP contribution in [0.25, 0.3) is 0 Å². The number of sulfonamides is 1. The van der Waals surface area contributed by atoms with Crippen molar-refractivity contribution in [2.75, 3.05) is 14.2 Å². The molecular weight excluding hydrogens is 320 g/mol. The Balaban J connectivity index is 2.30. The molecule has 2 rings (SSSR count). The minimum Gasteiger partial charge on any atom is -0.464 e. The lowest BCUT2D eigenvalue weighted by Crippen LogP contribution is -2.27. The van der Waals surface area contributed by atoms with Crippen molar-refractivity contribution >= 4 is 38.7 Å². The van der Waals surface area contributed by atoms with Crippen molar-refractivity contribution in [1.29, 1.82) is 0 Å². The number of hydrogen-bond acceptors (Lipinski definition) is 7. The quantitative estimate of drug-likeness (QED) is 0.781. The lowest BCUT2D eigenvalue weighted by Gasteiger charge is -2.15. The monoisotopic (exact) mass is 332 g/mol. The van der Waals surface area contributed by atoms with Gasteiger partial charge in [0.05, 0.1) is 12.6 Å². The van der Waals surface area contributed by atoms with Crippen LogP contribution >= 0.6 is 22.7 Å². The van der Waals surface area contributed by atoms with Crippen LogP contribution in [0, 0.1) is 0 Å². The van der Waals surface area contributed by atoms with E-state index in [1.165, 1.54) is 35.3 Å². The lowest BCUT2D eigenvalue weighted by molar-refractivity contribution is 0.0590. The molecule has 0 fully saturated rings. The van der Waals surface area contributed by atoms with Crippen molar-refractivity contribution in [2.45, 2.75) is 10.8 Å². The summed E-state index contributed by atoms with van der Waals surface area (Å²) < 4.78 is 30.5. The minimum absolute atomic E-state index is 0.0953. The highest BCUT2D eigenvalue weighted by molar-refractivity contribution is 7.91. The first-order valence-corrected chi connectivity index (χ1v) is 8.72. The van der Waals surface area contributed by atoms with Crippen LogP contribution < -0.4 is 0 Å². The standard InChI is InChI=1S/C11H12N2O4S3/c1-13(5-8-3-4-18-6-8)20(15,16)11-9(10(14)17-2)12-7-19-11/h3-4,6-7H,5H2,1-2H3. The zero-order valence-electron chi connectivity index (χ0n) is 10.8. The molecule has 0 aliphatic heterocycles. The highest BCUT2D eigenvalue weighted by atomic mass is 32.2. The van der Waals surface area contributed by atoms with E-state index in [2.05, 4.69) is 9.72 Å². The number of aromatic nitrogens is 1. The molecule has 108 valence electrons. The first kappa shape index (κ1) is 15.1. The third-order valence-corrected chi connectivity index (χ3v) is 6.43. The predicted octanol–water partition coefficient (Wildman–Crippen LogP) is 1.81. The highest BCUT2D eigenvalue weighted by Crippen LogP contribution is 2.25. The Labute approximate surface area is 124 Å². The van der Waals surface area contributed by atoms with Gasteiger partial charge in [0.2, 0.25) is 0 Å². The summed E-state index contributed by atoms with van der Waals surface area (Å²) >= 11 is 2.40. The summed E-state index contributed by atoms with van der Waals surface area (Å²) in [7, 11) is -1.11. The van der Waals surface area contributed by atoms with Crippen LogP contribution in [0.15, 0.2) is 26.5 Å². The molecular formula is C11H12N2O4S3. The number of carbonyl (C=O) groups is 1. The largest absolute Gasteiger partial charge is 0.464 e. The molecule has 0 saturated carbocycles. The molecule has 9 heteroatoms. The molecule has 6 nitrogen and oxygen atoms in total. The molecule has 2 aromatic rings. The molecule has 0 spiro atoms. The van der Waals surface area contributed by atoms with Gasteiger partial charge >= 0.3 is 5.97 Å². The third kappa shape index (κ3) is 2.90. The summed E-state index contributed by atoms with van der Waals surface area (Å²) in [5.74, 6) is -0.756. The smallest absolute Gasteiger partial charge is 0.358 e. The van der Waals surface area contributed by atoms with Crippen LogP contribution in [0.3, 0.4) is 0 Å². The van der Waals surface area contributed by atoms with Gasteiger partial charge < -0.3 is 4.74 Å². The van der Waals surface area contributed by atoms with E-state index in [9.17, 15) is 13.2 Å².